The molecule has 4 heteroatoms. The fraction of sp³-hybridized carbons (Fsp3) is 0.533. The Morgan fingerprint density at radius 1 is 1.47 bits per heavy atom. The lowest BCUT2D eigenvalue weighted by Crippen LogP contribution is -2.47. The van der Waals surface area contributed by atoms with Crippen molar-refractivity contribution in [1.29, 1.82) is 0 Å². The molecule has 2 N–H and O–H groups in total. The Morgan fingerprint density at radius 2 is 2.21 bits per heavy atom. The number of nitrogens with two attached hydrogens (primary N) is 1. The molecule has 19 heavy (non-hydrogen) atoms. The van der Waals surface area contributed by atoms with Crippen molar-refractivity contribution in [3.8, 4) is 0 Å². The second-order valence-electron chi connectivity index (χ2n) is 5.42. The summed E-state index contributed by atoms with van der Waals surface area (Å²) >= 11 is 6.25. The lowest BCUT2D eigenvalue weighted by molar-refractivity contribution is 0.0567. The summed E-state index contributed by atoms with van der Waals surface area (Å²) in [7, 11) is 0. The predicted molar refractivity (Wildman–Crippen MR) is 78.5 cm³/mol. The number of rotatable bonds is 2. The lowest BCUT2D eigenvalue weighted by atomic mass is 9.93. The molecule has 2 unspecified atom stereocenters. The molecule has 3 nitrogen and oxygen atoms in total. The molecule has 0 spiro atoms. The van der Waals surface area contributed by atoms with Crippen LogP contribution in [0.25, 0.3) is 0 Å². The van der Waals surface area contributed by atoms with Gasteiger partial charge in [0.25, 0.3) is 5.91 Å². The standard InChI is InChI=1S/C15H21ClN2O/c1-10-4-3-5-13(14(10)16)15(19)18-9-12(8-17)7-6-11(18)2/h3-5,11-12H,6-9,17H2,1-2H3. The largest absolute Gasteiger partial charge is 0.336 e. The van der Waals surface area contributed by atoms with Crippen molar-refractivity contribution in [2.75, 3.05) is 13.1 Å². The number of piperidine rings is 1. The van der Waals surface area contributed by atoms with Crippen molar-refractivity contribution in [3.63, 3.8) is 0 Å². The second-order valence-corrected chi connectivity index (χ2v) is 5.80. The highest BCUT2D eigenvalue weighted by atomic mass is 35.5. The fourth-order valence-electron chi connectivity index (χ4n) is 2.62. The maximum absolute atomic E-state index is 12.6. The van der Waals surface area contributed by atoms with Crippen molar-refractivity contribution < 1.29 is 4.79 Å². The van der Waals surface area contributed by atoms with Gasteiger partial charge in [-0.1, -0.05) is 23.7 Å². The van der Waals surface area contributed by atoms with E-state index in [1.165, 1.54) is 0 Å². The van der Waals surface area contributed by atoms with E-state index in [1.54, 1.807) is 6.07 Å². The Hall–Kier alpha value is -1.06. The molecule has 1 aliphatic heterocycles. The third-order valence-electron chi connectivity index (χ3n) is 4.00. The number of likely N-dealkylation sites (tertiary alicyclic amines) is 1. The number of carbonyl (C=O) groups excluding carboxylic acids is 1. The molecule has 1 aliphatic rings. The van der Waals surface area contributed by atoms with Gasteiger partial charge in [-0.2, -0.15) is 0 Å². The number of nitrogens with zero attached hydrogens (tertiary/aromatic N) is 1. The summed E-state index contributed by atoms with van der Waals surface area (Å²) in [5.74, 6) is 0.433. The minimum Gasteiger partial charge on any atom is -0.336 e. The van der Waals surface area contributed by atoms with E-state index in [4.69, 9.17) is 17.3 Å². The van der Waals surface area contributed by atoms with Gasteiger partial charge in [0.15, 0.2) is 0 Å². The molecule has 2 rings (SSSR count). The van der Waals surface area contributed by atoms with Crippen LogP contribution < -0.4 is 5.73 Å². The van der Waals surface area contributed by atoms with E-state index >= 15 is 0 Å². The first-order valence-corrected chi connectivity index (χ1v) is 7.18. The summed E-state index contributed by atoms with van der Waals surface area (Å²) in [5, 5.41) is 0.564. The van der Waals surface area contributed by atoms with Gasteiger partial charge >= 0.3 is 0 Å². The molecule has 1 fully saturated rings. The summed E-state index contributed by atoms with van der Waals surface area (Å²) in [6.45, 7) is 5.38. The molecule has 0 aliphatic carbocycles. The predicted octanol–water partition coefficient (Wildman–Crippen LogP) is 2.85. The van der Waals surface area contributed by atoms with Gasteiger partial charge in [-0.15, -0.1) is 0 Å². The molecule has 0 saturated carbocycles. The average molecular weight is 281 g/mol. The fourth-order valence-corrected chi connectivity index (χ4v) is 2.83. The molecule has 104 valence electrons. The molecular formula is C15H21ClN2O. The van der Waals surface area contributed by atoms with Crippen LogP contribution in [-0.2, 0) is 0 Å². The third-order valence-corrected chi connectivity index (χ3v) is 4.50. The van der Waals surface area contributed by atoms with Crippen LogP contribution in [0, 0.1) is 12.8 Å². The number of aryl methyl sites for hydroxylation is 1. The van der Waals surface area contributed by atoms with E-state index in [1.807, 2.05) is 24.0 Å². The summed E-state index contributed by atoms with van der Waals surface area (Å²) in [5.41, 5.74) is 7.28. The van der Waals surface area contributed by atoms with Gasteiger partial charge in [0.1, 0.15) is 0 Å². The van der Waals surface area contributed by atoms with Gasteiger partial charge in [-0.3, -0.25) is 4.79 Å². The first kappa shape index (κ1) is 14.4. The SMILES string of the molecule is Cc1cccc(C(=O)N2CC(CN)CCC2C)c1Cl. The lowest BCUT2D eigenvalue weighted by Gasteiger charge is -2.38. The summed E-state index contributed by atoms with van der Waals surface area (Å²) in [6, 6.07) is 5.85. The van der Waals surface area contributed by atoms with Gasteiger partial charge in [0, 0.05) is 12.6 Å². The van der Waals surface area contributed by atoms with Crippen LogP contribution in [0.5, 0.6) is 0 Å². The number of hydrogen-bond donors (Lipinski definition) is 1. The maximum atomic E-state index is 12.6. The van der Waals surface area contributed by atoms with Crippen molar-refractivity contribution >= 4 is 17.5 Å². The number of halogens is 1. The zero-order valence-corrected chi connectivity index (χ0v) is 12.3. The number of carbonyl (C=O) groups is 1. The molecule has 1 heterocycles. The molecule has 1 amide bonds. The van der Waals surface area contributed by atoms with Crippen LogP contribution >= 0.6 is 11.6 Å². The highest BCUT2D eigenvalue weighted by molar-refractivity contribution is 6.34. The van der Waals surface area contributed by atoms with Gasteiger partial charge in [0.05, 0.1) is 10.6 Å². The molecule has 0 radical (unpaired) electrons. The summed E-state index contributed by atoms with van der Waals surface area (Å²) in [6.07, 6.45) is 2.11. The van der Waals surface area contributed by atoms with Crippen LogP contribution in [0.2, 0.25) is 5.02 Å². The van der Waals surface area contributed by atoms with Crippen LogP contribution in [0.3, 0.4) is 0 Å². The van der Waals surface area contributed by atoms with E-state index in [9.17, 15) is 4.79 Å². The molecule has 0 aromatic heterocycles. The highest BCUT2D eigenvalue weighted by Gasteiger charge is 2.29. The quantitative estimate of drug-likeness (QED) is 0.905. The van der Waals surface area contributed by atoms with Gasteiger partial charge in [0.2, 0.25) is 0 Å². The minimum atomic E-state index is 0.0272. The van der Waals surface area contributed by atoms with E-state index in [-0.39, 0.29) is 11.9 Å². The van der Waals surface area contributed by atoms with Crippen LogP contribution in [0.4, 0.5) is 0 Å². The Bertz CT molecular complexity index is 475. The monoisotopic (exact) mass is 280 g/mol. The van der Waals surface area contributed by atoms with Crippen LogP contribution in [-0.4, -0.2) is 29.9 Å². The van der Waals surface area contributed by atoms with Crippen molar-refractivity contribution in [1.82, 2.24) is 4.90 Å². The highest BCUT2D eigenvalue weighted by Crippen LogP contribution is 2.27. The smallest absolute Gasteiger partial charge is 0.255 e. The van der Waals surface area contributed by atoms with E-state index in [0.717, 1.165) is 24.9 Å². The van der Waals surface area contributed by atoms with Crippen molar-refractivity contribution in [3.05, 3.63) is 34.3 Å². The van der Waals surface area contributed by atoms with E-state index in [0.29, 0.717) is 23.0 Å². The first-order valence-electron chi connectivity index (χ1n) is 6.80. The molecule has 1 aromatic rings. The topological polar surface area (TPSA) is 46.3 Å². The third kappa shape index (κ3) is 2.93. The maximum Gasteiger partial charge on any atom is 0.255 e. The Balaban J connectivity index is 2.24. The Labute approximate surface area is 119 Å². The van der Waals surface area contributed by atoms with Crippen LogP contribution in [0.15, 0.2) is 18.2 Å². The Kier molecular flexibility index (Phi) is 4.48. The molecule has 1 aromatic carbocycles. The average Bonchev–Trinajstić information content (AvgIpc) is 2.42. The normalized spacial score (nSPS) is 23.5. The van der Waals surface area contributed by atoms with Crippen molar-refractivity contribution in [2.45, 2.75) is 32.7 Å². The summed E-state index contributed by atoms with van der Waals surface area (Å²) < 4.78 is 0. The van der Waals surface area contributed by atoms with Gasteiger partial charge in [-0.05, 0) is 50.8 Å². The zero-order chi connectivity index (χ0) is 14.0. The van der Waals surface area contributed by atoms with Gasteiger partial charge < -0.3 is 10.6 Å². The Morgan fingerprint density at radius 3 is 2.89 bits per heavy atom. The first-order chi connectivity index (χ1) is 9.04. The molecular weight excluding hydrogens is 260 g/mol. The van der Waals surface area contributed by atoms with E-state index in [2.05, 4.69) is 6.92 Å². The summed E-state index contributed by atoms with van der Waals surface area (Å²) in [4.78, 5) is 14.6. The number of benzene rings is 1. The zero-order valence-electron chi connectivity index (χ0n) is 11.5. The second kappa shape index (κ2) is 5.93. The molecule has 1 saturated heterocycles. The molecule has 2 atom stereocenters. The number of hydrogen-bond acceptors (Lipinski definition) is 2. The minimum absolute atomic E-state index is 0.0272. The van der Waals surface area contributed by atoms with Crippen LogP contribution in [0.1, 0.15) is 35.7 Å². The van der Waals surface area contributed by atoms with Gasteiger partial charge in [-0.25, -0.2) is 0 Å². The number of amides is 1. The van der Waals surface area contributed by atoms with Crippen molar-refractivity contribution in [2.24, 2.45) is 11.7 Å². The van der Waals surface area contributed by atoms with E-state index < -0.39 is 0 Å². The molecule has 0 bridgehead atoms.